The first-order valence-electron chi connectivity index (χ1n) is 9.41. The summed E-state index contributed by atoms with van der Waals surface area (Å²) in [5, 5.41) is 13.5. The lowest BCUT2D eigenvalue weighted by Gasteiger charge is -2.23. The van der Waals surface area contributed by atoms with Gasteiger partial charge in [0.15, 0.2) is 0 Å². The SMILES string of the molecule is CCc1cccc(CC)c1N1C[C@H](C(=O)Nc2ccc([N+](=O)[O-])cc2)CC1=O. The van der Waals surface area contributed by atoms with E-state index in [-0.39, 0.29) is 23.9 Å². The number of nitro benzene ring substituents is 1. The Morgan fingerprint density at radius 1 is 1.14 bits per heavy atom. The normalized spacial score (nSPS) is 16.3. The van der Waals surface area contributed by atoms with Crippen LogP contribution >= 0.6 is 0 Å². The van der Waals surface area contributed by atoms with Crippen LogP contribution in [0.5, 0.6) is 0 Å². The van der Waals surface area contributed by atoms with E-state index in [0.717, 1.165) is 29.7 Å². The molecule has 2 aromatic carbocycles. The Hall–Kier alpha value is -3.22. The molecule has 0 bridgehead atoms. The molecule has 2 amide bonds. The van der Waals surface area contributed by atoms with Gasteiger partial charge < -0.3 is 10.2 Å². The molecule has 0 spiro atoms. The van der Waals surface area contributed by atoms with Crippen molar-refractivity contribution in [3.05, 3.63) is 63.7 Å². The number of carbonyl (C=O) groups excluding carboxylic acids is 2. The van der Waals surface area contributed by atoms with Gasteiger partial charge >= 0.3 is 0 Å². The summed E-state index contributed by atoms with van der Waals surface area (Å²) in [5.74, 6) is -0.770. The number of amides is 2. The van der Waals surface area contributed by atoms with E-state index in [1.165, 1.54) is 24.3 Å². The third-order valence-electron chi connectivity index (χ3n) is 5.08. The highest BCUT2D eigenvalue weighted by molar-refractivity contribution is 6.04. The number of anilines is 2. The molecule has 0 radical (unpaired) electrons. The fraction of sp³-hybridized carbons (Fsp3) is 0.333. The van der Waals surface area contributed by atoms with Gasteiger partial charge in [-0.1, -0.05) is 32.0 Å². The van der Waals surface area contributed by atoms with Gasteiger partial charge in [0.05, 0.1) is 10.8 Å². The zero-order valence-corrected chi connectivity index (χ0v) is 16.0. The Morgan fingerprint density at radius 3 is 2.29 bits per heavy atom. The predicted molar refractivity (Wildman–Crippen MR) is 107 cm³/mol. The van der Waals surface area contributed by atoms with Crippen LogP contribution in [0.4, 0.5) is 17.1 Å². The molecule has 2 aromatic rings. The Balaban J connectivity index is 1.76. The number of nitrogens with one attached hydrogen (secondary N) is 1. The third kappa shape index (κ3) is 3.88. The summed E-state index contributed by atoms with van der Waals surface area (Å²) in [4.78, 5) is 37.3. The minimum absolute atomic E-state index is 0.0384. The molecular formula is C21H23N3O4. The number of nitrogens with zero attached hydrogens (tertiary/aromatic N) is 2. The quantitative estimate of drug-likeness (QED) is 0.610. The lowest BCUT2D eigenvalue weighted by molar-refractivity contribution is -0.384. The molecule has 1 heterocycles. The molecular weight excluding hydrogens is 358 g/mol. The van der Waals surface area contributed by atoms with E-state index in [1.807, 2.05) is 18.2 Å². The van der Waals surface area contributed by atoms with Crippen LogP contribution in [-0.2, 0) is 22.4 Å². The van der Waals surface area contributed by atoms with Crippen LogP contribution in [0.3, 0.4) is 0 Å². The second-order valence-electron chi connectivity index (χ2n) is 6.83. The highest BCUT2D eigenvalue weighted by Crippen LogP contribution is 2.32. The summed E-state index contributed by atoms with van der Waals surface area (Å²) in [5.41, 5.74) is 3.57. The van der Waals surface area contributed by atoms with Gasteiger partial charge in [0, 0.05) is 36.5 Å². The average Bonchev–Trinajstić information content (AvgIpc) is 3.09. The van der Waals surface area contributed by atoms with E-state index in [0.29, 0.717) is 12.2 Å². The summed E-state index contributed by atoms with van der Waals surface area (Å²) in [6.07, 6.45) is 1.78. The van der Waals surface area contributed by atoms with E-state index >= 15 is 0 Å². The Bertz CT molecular complexity index is 886. The second kappa shape index (κ2) is 8.21. The Labute approximate surface area is 163 Å². The zero-order chi connectivity index (χ0) is 20.3. The molecule has 1 fully saturated rings. The Kier molecular flexibility index (Phi) is 5.73. The molecule has 1 atom stereocenters. The number of non-ortho nitro benzene ring substituents is 1. The lowest BCUT2D eigenvalue weighted by Crippen LogP contribution is -2.29. The topological polar surface area (TPSA) is 92.6 Å². The summed E-state index contributed by atoms with van der Waals surface area (Å²) < 4.78 is 0. The van der Waals surface area contributed by atoms with E-state index in [9.17, 15) is 19.7 Å². The average molecular weight is 381 g/mol. The van der Waals surface area contributed by atoms with Gasteiger partial charge in [0.2, 0.25) is 11.8 Å². The van der Waals surface area contributed by atoms with Crippen LogP contribution in [0.1, 0.15) is 31.4 Å². The van der Waals surface area contributed by atoms with E-state index < -0.39 is 10.8 Å². The van der Waals surface area contributed by atoms with Crippen LogP contribution in [0.15, 0.2) is 42.5 Å². The van der Waals surface area contributed by atoms with Crippen LogP contribution < -0.4 is 10.2 Å². The van der Waals surface area contributed by atoms with Gasteiger partial charge in [-0.2, -0.15) is 0 Å². The molecule has 146 valence electrons. The summed E-state index contributed by atoms with van der Waals surface area (Å²) >= 11 is 0. The minimum Gasteiger partial charge on any atom is -0.326 e. The van der Waals surface area contributed by atoms with Crippen molar-refractivity contribution >= 4 is 28.9 Å². The van der Waals surface area contributed by atoms with Crippen LogP contribution in [0.2, 0.25) is 0 Å². The maximum Gasteiger partial charge on any atom is 0.269 e. The van der Waals surface area contributed by atoms with Crippen molar-refractivity contribution in [2.24, 2.45) is 5.92 Å². The number of aryl methyl sites for hydroxylation is 2. The minimum atomic E-state index is -0.490. The summed E-state index contributed by atoms with van der Waals surface area (Å²) in [6, 6.07) is 11.7. The molecule has 3 rings (SSSR count). The first-order valence-corrected chi connectivity index (χ1v) is 9.41. The largest absolute Gasteiger partial charge is 0.326 e. The molecule has 0 aliphatic carbocycles. The Morgan fingerprint density at radius 2 is 1.75 bits per heavy atom. The van der Waals surface area contributed by atoms with Gasteiger partial charge in [-0.25, -0.2) is 0 Å². The lowest BCUT2D eigenvalue weighted by atomic mass is 10.0. The van der Waals surface area contributed by atoms with Gasteiger partial charge in [-0.3, -0.25) is 19.7 Å². The molecule has 1 aliphatic heterocycles. The first-order chi connectivity index (χ1) is 13.4. The fourth-order valence-corrected chi connectivity index (χ4v) is 3.57. The van der Waals surface area contributed by atoms with Gasteiger partial charge in [0.1, 0.15) is 0 Å². The molecule has 0 saturated carbocycles. The number of nitro groups is 1. The monoisotopic (exact) mass is 381 g/mol. The number of benzene rings is 2. The van der Waals surface area contributed by atoms with Gasteiger partial charge in [0.25, 0.3) is 5.69 Å². The third-order valence-corrected chi connectivity index (χ3v) is 5.08. The first kappa shape index (κ1) is 19.5. The predicted octanol–water partition coefficient (Wildman–Crippen LogP) is 3.71. The van der Waals surface area contributed by atoms with Crippen molar-refractivity contribution in [1.29, 1.82) is 0 Å². The molecule has 0 unspecified atom stereocenters. The molecule has 1 N–H and O–H groups in total. The number of rotatable bonds is 6. The van der Waals surface area contributed by atoms with Gasteiger partial charge in [-0.15, -0.1) is 0 Å². The van der Waals surface area contributed by atoms with Crippen LogP contribution in [0, 0.1) is 16.0 Å². The number of hydrogen-bond acceptors (Lipinski definition) is 4. The van der Waals surface area contributed by atoms with Crippen molar-refractivity contribution in [1.82, 2.24) is 0 Å². The molecule has 1 saturated heterocycles. The van der Waals surface area contributed by atoms with Crippen LogP contribution in [-0.4, -0.2) is 23.3 Å². The molecule has 28 heavy (non-hydrogen) atoms. The van der Waals surface area contributed by atoms with Crippen molar-refractivity contribution in [3.8, 4) is 0 Å². The fourth-order valence-electron chi connectivity index (χ4n) is 3.57. The highest BCUT2D eigenvalue weighted by atomic mass is 16.6. The smallest absolute Gasteiger partial charge is 0.269 e. The van der Waals surface area contributed by atoms with Gasteiger partial charge in [-0.05, 0) is 36.1 Å². The number of hydrogen-bond donors (Lipinski definition) is 1. The maximum atomic E-state index is 12.7. The maximum absolute atomic E-state index is 12.7. The standard InChI is InChI=1S/C21H23N3O4/c1-3-14-6-5-7-15(4-2)20(14)23-13-16(12-19(23)25)21(26)22-17-8-10-18(11-9-17)24(27)28/h5-11,16H,3-4,12-13H2,1-2H3,(H,22,26)/t16-/m1/s1. The van der Waals surface area contributed by atoms with Crippen molar-refractivity contribution in [3.63, 3.8) is 0 Å². The zero-order valence-electron chi connectivity index (χ0n) is 16.0. The van der Waals surface area contributed by atoms with Crippen molar-refractivity contribution in [2.45, 2.75) is 33.1 Å². The highest BCUT2D eigenvalue weighted by Gasteiger charge is 2.36. The van der Waals surface area contributed by atoms with E-state index in [1.54, 1.807) is 4.90 Å². The molecule has 7 heteroatoms. The van der Waals surface area contributed by atoms with Crippen LogP contribution in [0.25, 0.3) is 0 Å². The van der Waals surface area contributed by atoms with E-state index in [4.69, 9.17) is 0 Å². The van der Waals surface area contributed by atoms with E-state index in [2.05, 4.69) is 19.2 Å². The van der Waals surface area contributed by atoms with Crippen molar-refractivity contribution < 1.29 is 14.5 Å². The van der Waals surface area contributed by atoms with Crippen molar-refractivity contribution in [2.75, 3.05) is 16.8 Å². The second-order valence-corrected chi connectivity index (χ2v) is 6.83. The molecule has 1 aliphatic rings. The number of para-hydroxylation sites is 1. The molecule has 0 aromatic heterocycles. The number of carbonyl (C=O) groups is 2. The summed E-state index contributed by atoms with van der Waals surface area (Å²) in [6.45, 7) is 4.44. The molecule has 7 nitrogen and oxygen atoms in total. The summed E-state index contributed by atoms with van der Waals surface area (Å²) in [7, 11) is 0.